The van der Waals surface area contributed by atoms with Crippen LogP contribution < -0.4 is 5.32 Å². The Balaban J connectivity index is 1.70. The summed E-state index contributed by atoms with van der Waals surface area (Å²) in [4.78, 5) is 11.5. The van der Waals surface area contributed by atoms with Crippen molar-refractivity contribution in [3.05, 3.63) is 0 Å². The van der Waals surface area contributed by atoms with E-state index in [4.69, 9.17) is 10.2 Å². The summed E-state index contributed by atoms with van der Waals surface area (Å²) in [5.74, 6) is 1.49. The molecule has 2 saturated carbocycles. The van der Waals surface area contributed by atoms with E-state index >= 15 is 0 Å². The summed E-state index contributed by atoms with van der Waals surface area (Å²) in [7, 11) is 0. The summed E-state index contributed by atoms with van der Waals surface area (Å²) in [6.07, 6.45) is 2.81. The Kier molecular flexibility index (Phi) is 2.74. The Morgan fingerprint density at radius 3 is 2.64 bits per heavy atom. The van der Waals surface area contributed by atoms with Crippen molar-refractivity contribution in [2.45, 2.75) is 25.4 Å². The fraction of sp³-hybridized carbons (Fsp3) is 0.900. The average molecular weight is 199 g/mol. The zero-order valence-electron chi connectivity index (χ0n) is 8.15. The zero-order valence-corrected chi connectivity index (χ0v) is 8.15. The van der Waals surface area contributed by atoms with Gasteiger partial charge in [-0.1, -0.05) is 6.42 Å². The number of aliphatic hydroxyl groups is 2. The molecule has 2 aliphatic rings. The molecule has 3 atom stereocenters. The second-order valence-electron chi connectivity index (χ2n) is 4.37. The van der Waals surface area contributed by atoms with E-state index in [1.807, 2.05) is 0 Å². The lowest BCUT2D eigenvalue weighted by atomic mass is 10.1. The number of fused-ring (bicyclic) bond motifs is 1. The lowest BCUT2D eigenvalue weighted by Crippen LogP contribution is -2.35. The molecule has 0 bridgehead atoms. The van der Waals surface area contributed by atoms with Gasteiger partial charge in [-0.3, -0.25) is 4.79 Å². The fourth-order valence-electron chi connectivity index (χ4n) is 2.61. The molecule has 0 aromatic rings. The first-order chi connectivity index (χ1) is 6.74. The molecule has 0 spiro atoms. The number of carbonyl (C=O) groups is 1. The maximum atomic E-state index is 11.5. The quantitative estimate of drug-likeness (QED) is 0.572. The second-order valence-corrected chi connectivity index (χ2v) is 4.37. The van der Waals surface area contributed by atoms with Crippen molar-refractivity contribution in [3.8, 4) is 0 Å². The maximum absolute atomic E-state index is 11.5. The van der Waals surface area contributed by atoms with E-state index in [-0.39, 0.29) is 25.0 Å². The number of hydrogen-bond acceptors (Lipinski definition) is 3. The van der Waals surface area contributed by atoms with Gasteiger partial charge >= 0.3 is 0 Å². The maximum Gasteiger partial charge on any atom is 0.223 e. The topological polar surface area (TPSA) is 69.6 Å². The van der Waals surface area contributed by atoms with Crippen molar-refractivity contribution in [2.75, 3.05) is 13.2 Å². The predicted octanol–water partition coefficient (Wildman–Crippen LogP) is -0.498. The van der Waals surface area contributed by atoms with E-state index in [0.717, 1.165) is 0 Å². The minimum atomic E-state index is -0.822. The number of rotatable bonds is 4. The number of hydrogen-bond donors (Lipinski definition) is 3. The molecule has 0 radical (unpaired) electrons. The van der Waals surface area contributed by atoms with Crippen molar-refractivity contribution < 1.29 is 15.0 Å². The Labute approximate surface area is 83.3 Å². The van der Waals surface area contributed by atoms with Crippen molar-refractivity contribution in [1.82, 2.24) is 5.32 Å². The third-order valence-electron chi connectivity index (χ3n) is 3.43. The van der Waals surface area contributed by atoms with Crippen LogP contribution in [0.25, 0.3) is 0 Å². The average Bonchev–Trinajstić information content (AvgIpc) is 2.68. The first-order valence-corrected chi connectivity index (χ1v) is 5.30. The van der Waals surface area contributed by atoms with Gasteiger partial charge in [0.2, 0.25) is 5.91 Å². The standard InChI is InChI=1S/C10H17NO3/c12-5-6(13)4-11-10(14)9-7-2-1-3-8(7)9/h6-9,12-13H,1-5H2,(H,11,14). The minimum absolute atomic E-state index is 0.0622. The normalized spacial score (nSPS) is 36.3. The highest BCUT2D eigenvalue weighted by Crippen LogP contribution is 2.57. The van der Waals surface area contributed by atoms with Gasteiger partial charge in [0.1, 0.15) is 0 Å². The summed E-state index contributed by atoms with van der Waals surface area (Å²) in [6.45, 7) is -0.122. The molecule has 0 aromatic heterocycles. The summed E-state index contributed by atoms with van der Waals surface area (Å²) >= 11 is 0. The molecule has 0 heterocycles. The van der Waals surface area contributed by atoms with Gasteiger partial charge in [-0.25, -0.2) is 0 Å². The highest BCUT2D eigenvalue weighted by atomic mass is 16.3. The van der Waals surface area contributed by atoms with E-state index in [1.165, 1.54) is 19.3 Å². The van der Waals surface area contributed by atoms with Crippen LogP contribution in [0.5, 0.6) is 0 Å². The molecule has 2 fully saturated rings. The zero-order chi connectivity index (χ0) is 10.1. The van der Waals surface area contributed by atoms with Crippen molar-refractivity contribution in [2.24, 2.45) is 17.8 Å². The van der Waals surface area contributed by atoms with Crippen LogP contribution in [0, 0.1) is 17.8 Å². The smallest absolute Gasteiger partial charge is 0.223 e. The van der Waals surface area contributed by atoms with Gasteiger partial charge in [0.25, 0.3) is 0 Å². The minimum Gasteiger partial charge on any atom is -0.394 e. The Hall–Kier alpha value is -0.610. The number of aliphatic hydroxyl groups excluding tert-OH is 2. The van der Waals surface area contributed by atoms with Crippen LogP contribution in [-0.2, 0) is 4.79 Å². The van der Waals surface area contributed by atoms with Crippen LogP contribution in [0.15, 0.2) is 0 Å². The van der Waals surface area contributed by atoms with Gasteiger partial charge < -0.3 is 15.5 Å². The number of amides is 1. The molecule has 3 unspecified atom stereocenters. The van der Waals surface area contributed by atoms with E-state index in [9.17, 15) is 4.79 Å². The van der Waals surface area contributed by atoms with E-state index in [2.05, 4.69) is 5.32 Å². The van der Waals surface area contributed by atoms with Crippen molar-refractivity contribution in [3.63, 3.8) is 0 Å². The van der Waals surface area contributed by atoms with E-state index in [1.54, 1.807) is 0 Å². The molecule has 0 aromatic carbocycles. The summed E-state index contributed by atoms with van der Waals surface area (Å²) in [5.41, 5.74) is 0. The van der Waals surface area contributed by atoms with E-state index < -0.39 is 6.10 Å². The van der Waals surface area contributed by atoms with Crippen LogP contribution in [-0.4, -0.2) is 35.4 Å². The van der Waals surface area contributed by atoms with Crippen LogP contribution in [0.3, 0.4) is 0 Å². The second kappa shape index (κ2) is 3.87. The first-order valence-electron chi connectivity index (χ1n) is 5.30. The van der Waals surface area contributed by atoms with Crippen molar-refractivity contribution >= 4 is 5.91 Å². The van der Waals surface area contributed by atoms with Gasteiger partial charge in [-0.2, -0.15) is 0 Å². The van der Waals surface area contributed by atoms with Gasteiger partial charge in [-0.05, 0) is 24.7 Å². The van der Waals surface area contributed by atoms with Crippen LogP contribution in [0.4, 0.5) is 0 Å². The fourth-order valence-corrected chi connectivity index (χ4v) is 2.61. The van der Waals surface area contributed by atoms with Gasteiger partial charge in [0, 0.05) is 12.5 Å². The van der Waals surface area contributed by atoms with Crippen LogP contribution >= 0.6 is 0 Å². The Morgan fingerprint density at radius 2 is 2.07 bits per heavy atom. The monoisotopic (exact) mass is 199 g/mol. The first kappa shape index (κ1) is 9.93. The molecule has 0 aliphatic heterocycles. The van der Waals surface area contributed by atoms with Crippen molar-refractivity contribution in [1.29, 1.82) is 0 Å². The molecule has 14 heavy (non-hydrogen) atoms. The molecule has 4 nitrogen and oxygen atoms in total. The lowest BCUT2D eigenvalue weighted by molar-refractivity contribution is -0.123. The molecule has 0 saturated heterocycles. The molecule has 1 amide bonds. The molecular formula is C10H17NO3. The predicted molar refractivity (Wildman–Crippen MR) is 50.4 cm³/mol. The van der Waals surface area contributed by atoms with Gasteiger partial charge in [-0.15, -0.1) is 0 Å². The largest absolute Gasteiger partial charge is 0.394 e. The third-order valence-corrected chi connectivity index (χ3v) is 3.43. The summed E-state index contributed by atoms with van der Waals surface area (Å²) in [5, 5.41) is 20.3. The van der Waals surface area contributed by atoms with Gasteiger partial charge in [0.15, 0.2) is 0 Å². The number of nitrogens with one attached hydrogen (secondary N) is 1. The molecule has 2 rings (SSSR count). The number of carbonyl (C=O) groups excluding carboxylic acids is 1. The highest BCUT2D eigenvalue weighted by molar-refractivity contribution is 5.82. The summed E-state index contributed by atoms with van der Waals surface area (Å²) < 4.78 is 0. The third kappa shape index (κ3) is 1.77. The lowest BCUT2D eigenvalue weighted by Gasteiger charge is -2.09. The molecule has 4 heteroatoms. The SMILES string of the molecule is O=C(NCC(O)CO)C1C2CCCC21. The van der Waals surface area contributed by atoms with Gasteiger partial charge in [0.05, 0.1) is 12.7 Å². The molecule has 80 valence electrons. The van der Waals surface area contributed by atoms with Crippen LogP contribution in [0.1, 0.15) is 19.3 Å². The molecule has 2 aliphatic carbocycles. The Morgan fingerprint density at radius 1 is 1.43 bits per heavy atom. The van der Waals surface area contributed by atoms with Crippen LogP contribution in [0.2, 0.25) is 0 Å². The Bertz CT molecular complexity index is 221. The molecule has 3 N–H and O–H groups in total. The van der Waals surface area contributed by atoms with E-state index in [0.29, 0.717) is 11.8 Å². The summed E-state index contributed by atoms with van der Waals surface area (Å²) in [6, 6.07) is 0. The highest BCUT2D eigenvalue weighted by Gasteiger charge is 2.56. The molecular weight excluding hydrogens is 182 g/mol.